The van der Waals surface area contributed by atoms with Crippen molar-refractivity contribution in [3.63, 3.8) is 0 Å². The number of hydrogen-bond donors (Lipinski definition) is 1. The van der Waals surface area contributed by atoms with Gasteiger partial charge in [-0.3, -0.25) is 0 Å². The highest BCUT2D eigenvalue weighted by molar-refractivity contribution is 6.33. The molecule has 92 valence electrons. The number of aliphatic hydroxyl groups is 1. The van der Waals surface area contributed by atoms with Crippen LogP contribution in [0.5, 0.6) is 0 Å². The van der Waals surface area contributed by atoms with Gasteiger partial charge in [0.05, 0.1) is 10.8 Å². The van der Waals surface area contributed by atoms with Crippen molar-refractivity contribution < 1.29 is 5.11 Å². The molecule has 0 radical (unpaired) electrons. The molecule has 0 aliphatic heterocycles. The highest BCUT2D eigenvalue weighted by Crippen LogP contribution is 2.35. The molecule has 0 amide bonds. The molecule has 1 N–H and O–H groups in total. The van der Waals surface area contributed by atoms with Gasteiger partial charge >= 0.3 is 0 Å². The third-order valence-electron chi connectivity index (χ3n) is 2.99. The van der Waals surface area contributed by atoms with E-state index in [1.807, 2.05) is 26.0 Å². The zero-order chi connectivity index (χ0) is 13.0. The summed E-state index contributed by atoms with van der Waals surface area (Å²) in [5.74, 6) is 0.704. The fourth-order valence-electron chi connectivity index (χ4n) is 1.92. The largest absolute Gasteiger partial charge is 0.512 e. The lowest BCUT2D eigenvalue weighted by Gasteiger charge is -2.22. The summed E-state index contributed by atoms with van der Waals surface area (Å²) < 4.78 is 0. The molecule has 0 heterocycles. The van der Waals surface area contributed by atoms with Crippen LogP contribution in [-0.4, -0.2) is 5.11 Å². The molecule has 0 bridgehead atoms. The highest BCUT2D eigenvalue weighted by atomic mass is 35.5. The van der Waals surface area contributed by atoms with Crippen molar-refractivity contribution in [3.8, 4) is 0 Å². The first kappa shape index (κ1) is 13.9. The predicted octanol–water partition coefficient (Wildman–Crippen LogP) is 5.04. The third kappa shape index (κ3) is 3.13. The Morgan fingerprint density at radius 2 is 2.18 bits per heavy atom. The van der Waals surface area contributed by atoms with Crippen LogP contribution >= 0.6 is 11.6 Å². The number of rotatable bonds is 3. The fourth-order valence-corrected chi connectivity index (χ4v) is 2.21. The number of hydrogen-bond acceptors (Lipinski definition) is 1. The summed E-state index contributed by atoms with van der Waals surface area (Å²) >= 11 is 6.35. The van der Waals surface area contributed by atoms with E-state index in [1.165, 1.54) is 0 Å². The Bertz CT molecular complexity index is 436. The Balaban J connectivity index is 3.18. The van der Waals surface area contributed by atoms with E-state index in [0.717, 1.165) is 21.8 Å². The molecule has 1 nitrogen and oxygen atoms in total. The first-order valence-corrected chi connectivity index (χ1v) is 6.14. The normalized spacial score (nSPS) is 22.6. The highest BCUT2D eigenvalue weighted by Gasteiger charge is 2.19. The lowest BCUT2D eigenvalue weighted by Crippen LogP contribution is -2.08. The second-order valence-electron chi connectivity index (χ2n) is 4.29. The van der Waals surface area contributed by atoms with Crippen LogP contribution < -0.4 is 0 Å². The van der Waals surface area contributed by atoms with Crippen molar-refractivity contribution in [1.29, 1.82) is 0 Å². The minimum absolute atomic E-state index is 0.276. The Morgan fingerprint density at radius 3 is 2.65 bits per heavy atom. The van der Waals surface area contributed by atoms with Gasteiger partial charge in [0.25, 0.3) is 0 Å². The van der Waals surface area contributed by atoms with Crippen molar-refractivity contribution >= 4 is 11.6 Å². The summed E-state index contributed by atoms with van der Waals surface area (Å²) in [5.41, 5.74) is 3.16. The molecule has 17 heavy (non-hydrogen) atoms. The molecule has 0 saturated carbocycles. The van der Waals surface area contributed by atoms with Crippen LogP contribution in [-0.2, 0) is 0 Å². The standard InChI is InChI=1S/C15H19ClO/c1-5-10(3)15(16)13(6-2)14-8-7-12(17)9-11(14)4/h5-8,11,17H,1,9H2,2-4H3/b13-6-,15-10+. The van der Waals surface area contributed by atoms with Gasteiger partial charge in [-0.05, 0) is 42.6 Å². The van der Waals surface area contributed by atoms with Crippen LogP contribution in [0.1, 0.15) is 27.2 Å². The summed E-state index contributed by atoms with van der Waals surface area (Å²) in [6, 6.07) is 0. The van der Waals surface area contributed by atoms with E-state index in [-0.39, 0.29) is 5.92 Å². The first-order chi connectivity index (χ1) is 8.01. The van der Waals surface area contributed by atoms with Crippen molar-refractivity contribution in [3.05, 3.63) is 58.4 Å². The molecule has 0 aromatic rings. The van der Waals surface area contributed by atoms with Crippen molar-refractivity contribution in [1.82, 2.24) is 0 Å². The van der Waals surface area contributed by atoms with Crippen molar-refractivity contribution in [2.24, 2.45) is 5.92 Å². The molecular weight excluding hydrogens is 232 g/mol. The maximum absolute atomic E-state index is 9.48. The molecule has 2 heteroatoms. The van der Waals surface area contributed by atoms with Crippen LogP contribution in [0.4, 0.5) is 0 Å². The SMILES string of the molecule is C=C/C(C)=C(Cl)\C(=C/C)C1=CC=C(O)CC1C. The summed E-state index contributed by atoms with van der Waals surface area (Å²) in [6.07, 6.45) is 8.12. The molecule has 1 unspecified atom stereocenters. The quantitative estimate of drug-likeness (QED) is 0.696. The summed E-state index contributed by atoms with van der Waals surface area (Å²) in [7, 11) is 0. The molecule has 1 rings (SSSR count). The minimum atomic E-state index is 0.276. The molecule has 1 aliphatic carbocycles. The third-order valence-corrected chi connectivity index (χ3v) is 3.49. The van der Waals surface area contributed by atoms with E-state index < -0.39 is 0 Å². The lowest BCUT2D eigenvalue weighted by atomic mass is 9.86. The smallest absolute Gasteiger partial charge is 0.0928 e. The molecule has 1 aliphatic rings. The van der Waals surface area contributed by atoms with Crippen LogP contribution in [0.3, 0.4) is 0 Å². The summed E-state index contributed by atoms with van der Waals surface area (Å²) in [6.45, 7) is 9.74. The second-order valence-corrected chi connectivity index (χ2v) is 4.67. The minimum Gasteiger partial charge on any atom is -0.512 e. The topological polar surface area (TPSA) is 20.2 Å². The second kappa shape index (κ2) is 5.92. The van der Waals surface area contributed by atoms with E-state index in [2.05, 4.69) is 13.5 Å². The molecule has 0 saturated heterocycles. The zero-order valence-electron chi connectivity index (χ0n) is 10.6. The van der Waals surface area contributed by atoms with E-state index in [9.17, 15) is 5.11 Å². The molecular formula is C15H19ClO. The fraction of sp³-hybridized carbons (Fsp3) is 0.333. The number of aliphatic hydroxyl groups excluding tert-OH is 1. The summed E-state index contributed by atoms with van der Waals surface area (Å²) in [4.78, 5) is 0. The Hall–Kier alpha value is -1.21. The van der Waals surface area contributed by atoms with E-state index >= 15 is 0 Å². The summed E-state index contributed by atoms with van der Waals surface area (Å²) in [5, 5.41) is 10.2. The molecule has 0 fully saturated rings. The van der Waals surface area contributed by atoms with Gasteiger partial charge in [-0.15, -0.1) is 0 Å². The Kier molecular flexibility index (Phi) is 4.83. The zero-order valence-corrected chi connectivity index (χ0v) is 11.4. The van der Waals surface area contributed by atoms with Crippen LogP contribution in [0.15, 0.2) is 58.4 Å². The lowest BCUT2D eigenvalue weighted by molar-refractivity contribution is 0.366. The van der Waals surface area contributed by atoms with Crippen LogP contribution in [0, 0.1) is 5.92 Å². The van der Waals surface area contributed by atoms with Crippen molar-refractivity contribution in [2.45, 2.75) is 27.2 Å². The van der Waals surface area contributed by atoms with E-state index in [1.54, 1.807) is 12.2 Å². The molecule has 0 aromatic carbocycles. The predicted molar refractivity (Wildman–Crippen MR) is 75.1 cm³/mol. The van der Waals surface area contributed by atoms with Crippen LogP contribution in [0.2, 0.25) is 0 Å². The molecule has 0 aromatic heterocycles. The van der Waals surface area contributed by atoms with Gasteiger partial charge in [0.15, 0.2) is 0 Å². The maximum Gasteiger partial charge on any atom is 0.0928 e. The first-order valence-electron chi connectivity index (χ1n) is 5.76. The monoisotopic (exact) mass is 250 g/mol. The maximum atomic E-state index is 9.48. The van der Waals surface area contributed by atoms with Crippen LogP contribution in [0.25, 0.3) is 0 Å². The van der Waals surface area contributed by atoms with Gasteiger partial charge in [0.1, 0.15) is 0 Å². The average molecular weight is 251 g/mol. The van der Waals surface area contributed by atoms with Gasteiger partial charge in [-0.2, -0.15) is 0 Å². The van der Waals surface area contributed by atoms with Gasteiger partial charge in [0.2, 0.25) is 0 Å². The van der Waals surface area contributed by atoms with Gasteiger partial charge in [0, 0.05) is 6.42 Å². The number of allylic oxidation sites excluding steroid dienone is 9. The van der Waals surface area contributed by atoms with Gasteiger partial charge in [-0.1, -0.05) is 43.3 Å². The Labute approximate surface area is 108 Å². The molecule has 1 atom stereocenters. The van der Waals surface area contributed by atoms with E-state index in [4.69, 9.17) is 11.6 Å². The van der Waals surface area contributed by atoms with Gasteiger partial charge < -0.3 is 5.11 Å². The Morgan fingerprint density at radius 1 is 1.53 bits per heavy atom. The van der Waals surface area contributed by atoms with Gasteiger partial charge in [-0.25, -0.2) is 0 Å². The van der Waals surface area contributed by atoms with E-state index in [0.29, 0.717) is 12.2 Å². The molecule has 0 spiro atoms. The number of halogens is 1. The van der Waals surface area contributed by atoms with Crippen molar-refractivity contribution in [2.75, 3.05) is 0 Å². The average Bonchev–Trinajstić information content (AvgIpc) is 2.31.